The zero-order valence-electron chi connectivity index (χ0n) is 14.8. The number of hydrogen-bond donors (Lipinski definition) is 6. The van der Waals surface area contributed by atoms with E-state index in [1.807, 2.05) is 0 Å². The molecule has 0 spiro atoms. The Balaban J connectivity index is 0.000000542. The van der Waals surface area contributed by atoms with Crippen molar-refractivity contribution in [3.05, 3.63) is 29.8 Å². The quantitative estimate of drug-likeness (QED) is 0.387. The van der Waals surface area contributed by atoms with Gasteiger partial charge in [0.2, 0.25) is 0 Å². The van der Waals surface area contributed by atoms with Gasteiger partial charge in [-0.2, -0.15) is 13.2 Å². The van der Waals surface area contributed by atoms with Crippen molar-refractivity contribution in [3.63, 3.8) is 0 Å². The van der Waals surface area contributed by atoms with E-state index in [1.54, 1.807) is 6.07 Å². The number of carbonyl (C=O) groups is 4. The van der Waals surface area contributed by atoms with Crippen LogP contribution in [0.25, 0.3) is 0 Å². The van der Waals surface area contributed by atoms with Gasteiger partial charge in [0.1, 0.15) is 0 Å². The summed E-state index contributed by atoms with van der Waals surface area (Å²) in [6.45, 7) is 1.66. The molecule has 1 heterocycles. The van der Waals surface area contributed by atoms with Crippen LogP contribution in [-0.2, 0) is 25.4 Å². The largest absolute Gasteiger partial charge is 0.473 e. The molecule has 1 fully saturated rings. The Labute approximate surface area is 162 Å². The average molecular weight is 424 g/mol. The summed E-state index contributed by atoms with van der Waals surface area (Å²) in [5.74, 6) is -7.30. The Hall–Kier alpha value is -3.35. The molecule has 1 aliphatic rings. The van der Waals surface area contributed by atoms with E-state index >= 15 is 0 Å². The number of halogens is 3. The number of carboxylic acid groups (broad SMARTS) is 4. The van der Waals surface area contributed by atoms with E-state index in [0.717, 1.165) is 31.5 Å². The summed E-state index contributed by atoms with van der Waals surface area (Å²) in [5, 5.41) is 35.9. The van der Waals surface area contributed by atoms with Gasteiger partial charge in [-0.05, 0) is 37.6 Å². The molecule has 0 aliphatic carbocycles. The highest BCUT2D eigenvalue weighted by atomic mass is 19.4. The van der Waals surface area contributed by atoms with Crippen molar-refractivity contribution in [1.82, 2.24) is 5.32 Å². The summed E-state index contributed by atoms with van der Waals surface area (Å²) in [6, 6.07) is 5.68. The first-order valence-corrected chi connectivity index (χ1v) is 7.91. The summed E-state index contributed by atoms with van der Waals surface area (Å²) in [7, 11) is 0. The third-order valence-corrected chi connectivity index (χ3v) is 3.27. The Kier molecular flexibility index (Phi) is 10.8. The summed E-state index contributed by atoms with van der Waals surface area (Å²) >= 11 is 0. The van der Waals surface area contributed by atoms with E-state index < -0.39 is 35.6 Å². The van der Waals surface area contributed by atoms with Crippen LogP contribution >= 0.6 is 0 Å². The molecule has 6 N–H and O–H groups in total. The Morgan fingerprint density at radius 2 is 1.52 bits per heavy atom. The molecule has 1 aromatic rings. The first kappa shape index (κ1) is 25.6. The van der Waals surface area contributed by atoms with Crippen LogP contribution in [0.4, 0.5) is 18.9 Å². The molecule has 10 nitrogen and oxygen atoms in total. The topological polar surface area (TPSA) is 173 Å². The normalized spacial score (nSPS) is 15.1. The van der Waals surface area contributed by atoms with E-state index in [0.29, 0.717) is 18.3 Å². The number of carboxylic acids is 4. The van der Waals surface area contributed by atoms with Gasteiger partial charge in [-0.25, -0.2) is 19.2 Å². The molecule has 1 aliphatic heterocycles. The molecule has 0 radical (unpaired) electrons. The highest BCUT2D eigenvalue weighted by Gasteiger charge is 2.30. The van der Waals surface area contributed by atoms with Crippen molar-refractivity contribution >= 4 is 29.6 Å². The van der Waals surface area contributed by atoms with Crippen molar-refractivity contribution in [2.45, 2.75) is 25.1 Å². The summed E-state index contributed by atoms with van der Waals surface area (Å²) in [5.41, 5.74) is -0.0876. The fraction of sp³-hybridized carbons (Fsp3) is 0.375. The predicted octanol–water partition coefficient (Wildman–Crippen LogP) is 1.18. The van der Waals surface area contributed by atoms with Crippen LogP contribution in [0, 0.1) is 0 Å². The molecule has 2 rings (SSSR count). The molecule has 0 aromatic heterocycles. The Morgan fingerprint density at radius 1 is 1.00 bits per heavy atom. The molecule has 162 valence electrons. The first-order valence-electron chi connectivity index (χ1n) is 7.91. The van der Waals surface area contributed by atoms with Crippen LogP contribution in [-0.4, -0.2) is 63.4 Å². The maximum Gasteiger partial charge on any atom is 0.416 e. The number of alkyl halides is 3. The summed E-state index contributed by atoms with van der Waals surface area (Å²) in [4.78, 5) is 36.4. The molecule has 1 saturated heterocycles. The van der Waals surface area contributed by atoms with E-state index in [2.05, 4.69) is 10.6 Å². The second kappa shape index (κ2) is 12.2. The molecule has 0 amide bonds. The van der Waals surface area contributed by atoms with Gasteiger partial charge < -0.3 is 31.1 Å². The van der Waals surface area contributed by atoms with Crippen molar-refractivity contribution in [3.8, 4) is 0 Å². The SMILES string of the molecule is FC(F)(F)c1cccc(NCC2CCCN2)c1.O=C(O)C(=O)O.O=C(O)C(=O)O. The van der Waals surface area contributed by atoms with Crippen LogP contribution < -0.4 is 10.6 Å². The second-order valence-electron chi connectivity index (χ2n) is 5.47. The maximum atomic E-state index is 12.5. The molecule has 1 unspecified atom stereocenters. The summed E-state index contributed by atoms with van der Waals surface area (Å²) in [6.07, 6.45) is -2.07. The molecule has 1 aromatic carbocycles. The van der Waals surface area contributed by atoms with Crippen molar-refractivity contribution < 1.29 is 52.8 Å². The van der Waals surface area contributed by atoms with E-state index in [-0.39, 0.29) is 0 Å². The molecular weight excluding hydrogens is 405 g/mol. The van der Waals surface area contributed by atoms with Gasteiger partial charge in [0.25, 0.3) is 0 Å². The van der Waals surface area contributed by atoms with Gasteiger partial charge in [-0.15, -0.1) is 0 Å². The number of hydrogen-bond acceptors (Lipinski definition) is 6. The van der Waals surface area contributed by atoms with Gasteiger partial charge in [-0.3, -0.25) is 0 Å². The van der Waals surface area contributed by atoms with Gasteiger partial charge in [0.15, 0.2) is 0 Å². The minimum atomic E-state index is -4.27. The van der Waals surface area contributed by atoms with Crippen LogP contribution in [0.5, 0.6) is 0 Å². The number of anilines is 1. The lowest BCUT2D eigenvalue weighted by atomic mass is 10.2. The van der Waals surface area contributed by atoms with Gasteiger partial charge in [0, 0.05) is 18.3 Å². The van der Waals surface area contributed by atoms with Gasteiger partial charge in [-0.1, -0.05) is 6.07 Å². The lowest BCUT2D eigenvalue weighted by molar-refractivity contribution is -0.159. The lowest BCUT2D eigenvalue weighted by Crippen LogP contribution is -2.29. The molecule has 1 atom stereocenters. The third kappa shape index (κ3) is 11.9. The standard InChI is InChI=1S/C12H15F3N2.2C2H2O4/c13-12(14,15)9-3-1-4-10(7-9)17-8-11-5-2-6-16-11;2*3-1(4)2(5)6/h1,3-4,7,11,16-17H,2,5-6,8H2;2*(H,3,4)(H,5,6). The van der Waals surface area contributed by atoms with Crippen molar-refractivity contribution in [2.75, 3.05) is 18.4 Å². The van der Waals surface area contributed by atoms with Crippen LogP contribution in [0.3, 0.4) is 0 Å². The predicted molar refractivity (Wildman–Crippen MR) is 91.5 cm³/mol. The fourth-order valence-corrected chi connectivity index (χ4v) is 1.98. The molecular formula is C16H19F3N2O8. The number of benzene rings is 1. The zero-order valence-corrected chi connectivity index (χ0v) is 14.8. The monoisotopic (exact) mass is 424 g/mol. The molecule has 0 saturated carbocycles. The van der Waals surface area contributed by atoms with Crippen LogP contribution in [0.1, 0.15) is 18.4 Å². The molecule has 13 heteroatoms. The van der Waals surface area contributed by atoms with Crippen LogP contribution in [0.2, 0.25) is 0 Å². The van der Waals surface area contributed by atoms with E-state index in [9.17, 15) is 13.2 Å². The minimum Gasteiger partial charge on any atom is -0.473 e. The summed E-state index contributed by atoms with van der Waals surface area (Å²) < 4.78 is 37.4. The minimum absolute atomic E-state index is 0.365. The number of nitrogens with one attached hydrogen (secondary N) is 2. The van der Waals surface area contributed by atoms with Crippen molar-refractivity contribution in [2.24, 2.45) is 0 Å². The second-order valence-corrected chi connectivity index (χ2v) is 5.47. The molecule has 0 bridgehead atoms. The smallest absolute Gasteiger partial charge is 0.416 e. The number of rotatable bonds is 3. The van der Waals surface area contributed by atoms with Gasteiger partial charge >= 0.3 is 30.1 Å². The third-order valence-electron chi connectivity index (χ3n) is 3.27. The van der Waals surface area contributed by atoms with Crippen LogP contribution in [0.15, 0.2) is 24.3 Å². The number of aliphatic carboxylic acids is 4. The molecule has 29 heavy (non-hydrogen) atoms. The Morgan fingerprint density at radius 3 is 1.90 bits per heavy atom. The average Bonchev–Trinajstić information content (AvgIpc) is 3.14. The maximum absolute atomic E-state index is 12.5. The zero-order chi connectivity index (χ0) is 22.6. The highest BCUT2D eigenvalue weighted by Crippen LogP contribution is 2.30. The lowest BCUT2D eigenvalue weighted by Gasteiger charge is -2.14. The van der Waals surface area contributed by atoms with E-state index in [1.165, 1.54) is 6.07 Å². The Bertz CT molecular complexity index is 670. The van der Waals surface area contributed by atoms with E-state index in [4.69, 9.17) is 39.6 Å². The van der Waals surface area contributed by atoms with Gasteiger partial charge in [0.05, 0.1) is 5.56 Å². The highest BCUT2D eigenvalue weighted by molar-refractivity contribution is 6.27. The van der Waals surface area contributed by atoms with Crippen molar-refractivity contribution in [1.29, 1.82) is 0 Å². The fourth-order valence-electron chi connectivity index (χ4n) is 1.98. The first-order chi connectivity index (χ1) is 13.3.